The molecule has 0 aliphatic carbocycles. The zero-order valence-electron chi connectivity index (χ0n) is 7.08. The molecule has 0 bridgehead atoms. The van der Waals surface area contributed by atoms with Gasteiger partial charge in [0, 0.05) is 12.1 Å². The van der Waals surface area contributed by atoms with Gasteiger partial charge in [0.15, 0.2) is 0 Å². The predicted octanol–water partition coefficient (Wildman–Crippen LogP) is 1.49. The first-order valence-electron chi connectivity index (χ1n) is 4.00. The number of hydrogen-bond donors (Lipinski definition) is 2. The second-order valence-electron chi connectivity index (χ2n) is 2.98. The first-order valence-corrected chi connectivity index (χ1v) is 4.00. The van der Waals surface area contributed by atoms with Gasteiger partial charge in [0.2, 0.25) is 5.91 Å². The van der Waals surface area contributed by atoms with Crippen LogP contribution in [0, 0.1) is 5.92 Å². The molecule has 0 aromatic rings. The lowest BCUT2D eigenvalue weighted by atomic mass is 9.97. The summed E-state index contributed by atoms with van der Waals surface area (Å²) in [6, 6.07) is 0. The van der Waals surface area contributed by atoms with Gasteiger partial charge in [-0.3, -0.25) is 4.79 Å². The van der Waals surface area contributed by atoms with Crippen molar-refractivity contribution in [2.24, 2.45) is 5.92 Å². The number of carbonyl (C=O) groups excluding carboxylic acids is 1. The number of nitrogens with one attached hydrogen (secondary N) is 1. The van der Waals surface area contributed by atoms with Gasteiger partial charge in [0.25, 0.3) is 0 Å². The zero-order chi connectivity index (χ0) is 8.97. The normalized spacial score (nSPS) is 23.9. The van der Waals surface area contributed by atoms with Crippen LogP contribution in [0.4, 0.5) is 0 Å². The van der Waals surface area contributed by atoms with Crippen molar-refractivity contribution < 1.29 is 9.90 Å². The van der Waals surface area contributed by atoms with Gasteiger partial charge in [-0.1, -0.05) is 6.08 Å². The van der Waals surface area contributed by atoms with Gasteiger partial charge < -0.3 is 10.4 Å². The molecule has 1 heterocycles. The Kier molecular flexibility index (Phi) is 2.91. The Bertz CT molecular complexity index is 231. The lowest BCUT2D eigenvalue weighted by molar-refractivity contribution is -0.121. The summed E-state index contributed by atoms with van der Waals surface area (Å²) in [5.41, 5.74) is 0.905. The van der Waals surface area contributed by atoms with Gasteiger partial charge in [-0.2, -0.15) is 0 Å². The Morgan fingerprint density at radius 3 is 3.17 bits per heavy atom. The Balaban J connectivity index is 2.54. The third-order valence-electron chi connectivity index (χ3n) is 1.81. The predicted molar refractivity (Wildman–Crippen MR) is 46.4 cm³/mol. The summed E-state index contributed by atoms with van der Waals surface area (Å²) in [5.74, 6) is 0.300. The quantitative estimate of drug-likeness (QED) is 0.612. The smallest absolute Gasteiger partial charge is 0.224 e. The fraction of sp³-hybridized carbons (Fsp3) is 0.444. The van der Waals surface area contributed by atoms with E-state index in [1.54, 1.807) is 6.08 Å². The highest BCUT2D eigenvalue weighted by atomic mass is 16.2. The molecule has 0 saturated heterocycles. The van der Waals surface area contributed by atoms with E-state index in [4.69, 9.17) is 5.11 Å². The van der Waals surface area contributed by atoms with E-state index in [-0.39, 0.29) is 11.8 Å². The van der Waals surface area contributed by atoms with E-state index >= 15 is 0 Å². The van der Waals surface area contributed by atoms with Crippen LogP contribution < -0.4 is 5.32 Å². The largest absolute Gasteiger partial charge is 0.516 e. The molecule has 0 saturated carbocycles. The number of aliphatic hydroxyl groups excluding tert-OH is 1. The number of rotatable bonds is 2. The topological polar surface area (TPSA) is 49.3 Å². The molecule has 1 aliphatic heterocycles. The molecule has 12 heavy (non-hydrogen) atoms. The van der Waals surface area contributed by atoms with Crippen LogP contribution in [0.5, 0.6) is 0 Å². The fourth-order valence-electron chi connectivity index (χ4n) is 1.35. The highest BCUT2D eigenvalue weighted by Crippen LogP contribution is 2.16. The molecule has 0 aromatic carbocycles. The molecule has 1 atom stereocenters. The SMILES string of the molecule is CC1=CC(C/C=C/O)CC(=O)N1. The molecule has 0 spiro atoms. The highest BCUT2D eigenvalue weighted by molar-refractivity contribution is 5.79. The standard InChI is InChI=1S/C9H13NO2/c1-7-5-8(3-2-4-11)6-9(12)10-7/h2,4-5,8,11H,3,6H2,1H3,(H,10,12)/b4-2+. The average molecular weight is 167 g/mol. The maximum absolute atomic E-state index is 11.0. The van der Waals surface area contributed by atoms with Crippen molar-refractivity contribution in [3.05, 3.63) is 24.1 Å². The van der Waals surface area contributed by atoms with Crippen LogP contribution in [0.3, 0.4) is 0 Å². The van der Waals surface area contributed by atoms with Crippen LogP contribution in [0.25, 0.3) is 0 Å². The maximum Gasteiger partial charge on any atom is 0.224 e. The molecule has 1 amide bonds. The van der Waals surface area contributed by atoms with E-state index in [0.29, 0.717) is 6.42 Å². The summed E-state index contributed by atoms with van der Waals surface area (Å²) >= 11 is 0. The Morgan fingerprint density at radius 1 is 1.83 bits per heavy atom. The number of hydrogen-bond acceptors (Lipinski definition) is 2. The summed E-state index contributed by atoms with van der Waals surface area (Å²) in [4.78, 5) is 11.0. The van der Waals surface area contributed by atoms with Gasteiger partial charge in [-0.15, -0.1) is 0 Å². The molecule has 1 aliphatic rings. The van der Waals surface area contributed by atoms with Crippen molar-refractivity contribution in [3.8, 4) is 0 Å². The van der Waals surface area contributed by atoms with Crippen molar-refractivity contribution in [3.63, 3.8) is 0 Å². The zero-order valence-corrected chi connectivity index (χ0v) is 7.08. The van der Waals surface area contributed by atoms with E-state index in [1.807, 2.05) is 13.0 Å². The van der Waals surface area contributed by atoms with Gasteiger partial charge >= 0.3 is 0 Å². The van der Waals surface area contributed by atoms with Crippen LogP contribution in [-0.2, 0) is 4.79 Å². The van der Waals surface area contributed by atoms with Crippen molar-refractivity contribution in [2.45, 2.75) is 19.8 Å². The minimum Gasteiger partial charge on any atom is -0.516 e. The Morgan fingerprint density at radius 2 is 2.58 bits per heavy atom. The molecule has 0 radical (unpaired) electrons. The molecule has 0 fully saturated rings. The summed E-state index contributed by atoms with van der Waals surface area (Å²) in [6.07, 6.45) is 5.94. The van der Waals surface area contributed by atoms with Crippen molar-refractivity contribution in [1.29, 1.82) is 0 Å². The van der Waals surface area contributed by atoms with E-state index in [1.165, 1.54) is 0 Å². The molecule has 1 unspecified atom stereocenters. The lowest BCUT2D eigenvalue weighted by Crippen LogP contribution is -2.28. The third-order valence-corrected chi connectivity index (χ3v) is 1.81. The van der Waals surface area contributed by atoms with Crippen molar-refractivity contribution in [2.75, 3.05) is 0 Å². The van der Waals surface area contributed by atoms with Crippen LogP contribution in [0.15, 0.2) is 24.1 Å². The van der Waals surface area contributed by atoms with Gasteiger partial charge in [0.05, 0.1) is 6.26 Å². The van der Waals surface area contributed by atoms with Gasteiger partial charge in [-0.25, -0.2) is 0 Å². The molecule has 3 heteroatoms. The van der Waals surface area contributed by atoms with Crippen LogP contribution in [0.2, 0.25) is 0 Å². The minimum absolute atomic E-state index is 0.0614. The fourth-order valence-corrected chi connectivity index (χ4v) is 1.35. The molecular formula is C9H13NO2. The van der Waals surface area contributed by atoms with E-state index < -0.39 is 0 Å². The van der Waals surface area contributed by atoms with E-state index in [0.717, 1.165) is 18.4 Å². The van der Waals surface area contributed by atoms with Gasteiger partial charge in [0.1, 0.15) is 0 Å². The number of aliphatic hydroxyl groups is 1. The van der Waals surface area contributed by atoms with Crippen molar-refractivity contribution in [1.82, 2.24) is 5.32 Å². The van der Waals surface area contributed by atoms with Crippen LogP contribution in [-0.4, -0.2) is 11.0 Å². The monoisotopic (exact) mass is 167 g/mol. The minimum atomic E-state index is 0.0614. The number of carbonyl (C=O) groups is 1. The number of allylic oxidation sites excluding steroid dienone is 3. The number of amides is 1. The third kappa shape index (κ3) is 2.42. The molecule has 3 nitrogen and oxygen atoms in total. The average Bonchev–Trinajstić information content (AvgIpc) is 1.99. The second kappa shape index (κ2) is 3.95. The van der Waals surface area contributed by atoms with Crippen LogP contribution >= 0.6 is 0 Å². The molecule has 2 N–H and O–H groups in total. The molecule has 0 aromatic heterocycles. The summed E-state index contributed by atoms with van der Waals surface area (Å²) < 4.78 is 0. The van der Waals surface area contributed by atoms with E-state index in [9.17, 15) is 4.79 Å². The Hall–Kier alpha value is -1.25. The summed E-state index contributed by atoms with van der Waals surface area (Å²) in [6.45, 7) is 1.87. The van der Waals surface area contributed by atoms with E-state index in [2.05, 4.69) is 5.32 Å². The summed E-state index contributed by atoms with van der Waals surface area (Å²) in [5, 5.41) is 11.1. The highest BCUT2D eigenvalue weighted by Gasteiger charge is 2.15. The van der Waals surface area contributed by atoms with Crippen molar-refractivity contribution >= 4 is 5.91 Å². The molecule has 1 rings (SSSR count). The summed E-state index contributed by atoms with van der Waals surface area (Å²) in [7, 11) is 0. The maximum atomic E-state index is 11.0. The lowest BCUT2D eigenvalue weighted by Gasteiger charge is -2.17. The Labute approximate surface area is 71.8 Å². The van der Waals surface area contributed by atoms with Gasteiger partial charge in [-0.05, 0) is 25.3 Å². The van der Waals surface area contributed by atoms with Crippen LogP contribution in [0.1, 0.15) is 19.8 Å². The second-order valence-corrected chi connectivity index (χ2v) is 2.98. The molecular weight excluding hydrogens is 154 g/mol. The first-order chi connectivity index (χ1) is 5.72. The first kappa shape index (κ1) is 8.84. The molecule has 66 valence electrons.